The van der Waals surface area contributed by atoms with Crippen molar-refractivity contribution in [3.63, 3.8) is 0 Å². The number of fused-ring (bicyclic) bond motifs is 12. The molecule has 388 valence electrons. The van der Waals surface area contributed by atoms with E-state index in [1.54, 1.807) is 0 Å². The molecule has 6 nitrogen and oxygen atoms in total. The second-order valence-electron chi connectivity index (χ2n) is 24.2. The molecule has 5 heterocycles. The monoisotopic (exact) mass is 1040 g/mol. The first kappa shape index (κ1) is 47.3. The van der Waals surface area contributed by atoms with Crippen LogP contribution in [0, 0.1) is 0 Å². The maximum Gasteiger partial charge on any atom is 0.252 e. The maximum atomic E-state index is 6.80. The molecule has 3 aliphatic rings. The van der Waals surface area contributed by atoms with E-state index in [0.717, 1.165) is 84.5 Å². The molecule has 2 aromatic heterocycles. The normalized spacial score (nSPS) is 13.2. The van der Waals surface area contributed by atoms with Gasteiger partial charge in [0.25, 0.3) is 6.71 Å². The molecule has 0 saturated carbocycles. The molecule has 0 unspecified atom stereocenters. The van der Waals surface area contributed by atoms with Gasteiger partial charge in [-0.2, -0.15) is 0 Å². The zero-order chi connectivity index (χ0) is 54.5. The summed E-state index contributed by atoms with van der Waals surface area (Å²) in [6.07, 6.45) is 0. The van der Waals surface area contributed by atoms with Crippen LogP contribution in [0.4, 0.5) is 68.2 Å². The molecule has 0 saturated heterocycles. The highest BCUT2D eigenvalue weighted by Crippen LogP contribution is 2.55. The van der Waals surface area contributed by atoms with E-state index < -0.39 is 0 Å². The van der Waals surface area contributed by atoms with Crippen LogP contribution in [-0.2, 0) is 10.8 Å². The summed E-state index contributed by atoms with van der Waals surface area (Å²) in [4.78, 5) is 10.1. The average Bonchev–Trinajstić information content (AvgIpc) is 2.18. The molecule has 0 aliphatic carbocycles. The number of aromatic nitrogens is 1. The van der Waals surface area contributed by atoms with E-state index in [9.17, 15) is 0 Å². The first-order chi connectivity index (χ1) is 39.5. The summed E-state index contributed by atoms with van der Waals surface area (Å²) in [7, 11) is 0. The fourth-order valence-electron chi connectivity index (χ4n) is 13.6. The molecule has 11 aromatic carbocycles. The average molecular weight is 1040 g/mol. The van der Waals surface area contributed by atoms with Gasteiger partial charge in [0.15, 0.2) is 0 Å². The summed E-state index contributed by atoms with van der Waals surface area (Å²) < 4.78 is 9.33. The number of benzene rings is 11. The van der Waals surface area contributed by atoms with Gasteiger partial charge in [-0.05, 0) is 148 Å². The number of para-hydroxylation sites is 6. The number of rotatable bonds is 7. The lowest BCUT2D eigenvalue weighted by Gasteiger charge is -2.47. The Kier molecular flexibility index (Phi) is 10.2. The molecule has 0 N–H and O–H groups in total. The SMILES string of the molecule is CC(C)(C)c1ccc(N(c2ccc(C(C)(C)C)cc2)c2ccc3c(c2)N(c2cccc4oc5ccccc5c24)c2cc(N(c4ccccc4)c4ccccc4)cc4c2B3c2cccc3c2N4c2cccc4c5ccccc5n-3c24)cc1. The predicted molar refractivity (Wildman–Crippen MR) is 342 cm³/mol. The zero-order valence-corrected chi connectivity index (χ0v) is 46.3. The Morgan fingerprint density at radius 1 is 0.358 bits per heavy atom. The van der Waals surface area contributed by atoms with Gasteiger partial charge in [-0.3, -0.25) is 0 Å². The highest BCUT2D eigenvalue weighted by molar-refractivity contribution is 7.00. The predicted octanol–water partition coefficient (Wildman–Crippen LogP) is 18.6. The van der Waals surface area contributed by atoms with Crippen molar-refractivity contribution >= 4 is 135 Å². The van der Waals surface area contributed by atoms with Gasteiger partial charge < -0.3 is 28.6 Å². The first-order valence-corrected chi connectivity index (χ1v) is 28.4. The quantitative estimate of drug-likeness (QED) is 0.149. The molecule has 0 radical (unpaired) electrons. The largest absolute Gasteiger partial charge is 0.456 e. The number of furan rings is 1. The van der Waals surface area contributed by atoms with E-state index >= 15 is 0 Å². The minimum atomic E-state index is -0.147. The van der Waals surface area contributed by atoms with E-state index in [1.807, 2.05) is 0 Å². The van der Waals surface area contributed by atoms with Crippen LogP contribution < -0.4 is 36.0 Å². The van der Waals surface area contributed by atoms with Gasteiger partial charge in [0.05, 0.1) is 44.9 Å². The number of hydrogen-bond acceptors (Lipinski definition) is 5. The Morgan fingerprint density at radius 3 is 1.54 bits per heavy atom. The van der Waals surface area contributed by atoms with Crippen molar-refractivity contribution in [2.75, 3.05) is 19.6 Å². The van der Waals surface area contributed by atoms with Crippen LogP contribution in [0.5, 0.6) is 0 Å². The summed E-state index contributed by atoms with van der Waals surface area (Å²) in [5.41, 5.74) is 24.9. The topological polar surface area (TPSA) is 31.0 Å². The lowest BCUT2D eigenvalue weighted by atomic mass is 9.33. The molecule has 0 amide bonds. The third-order valence-electron chi connectivity index (χ3n) is 17.3. The van der Waals surface area contributed by atoms with Crippen LogP contribution in [0.25, 0.3) is 49.4 Å². The third-order valence-corrected chi connectivity index (χ3v) is 17.3. The molecule has 7 heteroatoms. The molecular formula is C74H58BN5O. The van der Waals surface area contributed by atoms with Gasteiger partial charge in [0, 0.05) is 61.7 Å². The fraction of sp³-hybridized carbons (Fsp3) is 0.108. The van der Waals surface area contributed by atoms with Crippen LogP contribution in [0.1, 0.15) is 52.7 Å². The Hall–Kier alpha value is -9.72. The zero-order valence-electron chi connectivity index (χ0n) is 46.3. The highest BCUT2D eigenvalue weighted by atomic mass is 16.3. The lowest BCUT2D eigenvalue weighted by Crippen LogP contribution is -2.61. The molecule has 0 fully saturated rings. The highest BCUT2D eigenvalue weighted by Gasteiger charge is 2.47. The minimum absolute atomic E-state index is 0.00124. The van der Waals surface area contributed by atoms with Crippen LogP contribution in [0.15, 0.2) is 247 Å². The Labute approximate surface area is 473 Å². The number of hydrogen-bond donors (Lipinski definition) is 0. The van der Waals surface area contributed by atoms with Crippen LogP contribution in [0.2, 0.25) is 0 Å². The van der Waals surface area contributed by atoms with E-state index in [1.165, 1.54) is 60.7 Å². The van der Waals surface area contributed by atoms with Gasteiger partial charge in [-0.1, -0.05) is 175 Å². The number of nitrogens with zero attached hydrogens (tertiary/aromatic N) is 5. The summed E-state index contributed by atoms with van der Waals surface area (Å²) >= 11 is 0. The minimum Gasteiger partial charge on any atom is -0.456 e. The Morgan fingerprint density at radius 2 is 0.864 bits per heavy atom. The van der Waals surface area contributed by atoms with Gasteiger partial charge in [-0.15, -0.1) is 0 Å². The second kappa shape index (κ2) is 17.4. The Balaban J connectivity index is 1.04. The third kappa shape index (κ3) is 7.07. The fourth-order valence-corrected chi connectivity index (χ4v) is 13.6. The van der Waals surface area contributed by atoms with Crippen molar-refractivity contribution < 1.29 is 4.42 Å². The lowest BCUT2D eigenvalue weighted by molar-refractivity contribution is 0.590. The van der Waals surface area contributed by atoms with Crippen LogP contribution >= 0.6 is 0 Å². The van der Waals surface area contributed by atoms with Crippen molar-refractivity contribution in [1.29, 1.82) is 0 Å². The summed E-state index contributed by atoms with van der Waals surface area (Å²) in [5.74, 6) is 0. The molecule has 0 spiro atoms. The van der Waals surface area contributed by atoms with Crippen molar-refractivity contribution in [1.82, 2.24) is 4.57 Å². The molecule has 3 aliphatic heterocycles. The van der Waals surface area contributed by atoms with Crippen LogP contribution in [0.3, 0.4) is 0 Å². The smallest absolute Gasteiger partial charge is 0.252 e. The van der Waals surface area contributed by atoms with Crippen molar-refractivity contribution in [2.45, 2.75) is 52.4 Å². The van der Waals surface area contributed by atoms with E-state index in [4.69, 9.17) is 4.42 Å². The maximum absolute atomic E-state index is 6.80. The van der Waals surface area contributed by atoms with Crippen molar-refractivity contribution in [3.8, 4) is 5.69 Å². The van der Waals surface area contributed by atoms with Crippen LogP contribution in [-0.4, -0.2) is 11.3 Å². The second-order valence-corrected chi connectivity index (χ2v) is 24.2. The van der Waals surface area contributed by atoms with Gasteiger partial charge in [0.1, 0.15) is 11.2 Å². The first-order valence-electron chi connectivity index (χ1n) is 28.4. The van der Waals surface area contributed by atoms with Gasteiger partial charge in [-0.25, -0.2) is 0 Å². The summed E-state index contributed by atoms with van der Waals surface area (Å²) in [5, 5.41) is 4.64. The van der Waals surface area contributed by atoms with Gasteiger partial charge in [0.2, 0.25) is 0 Å². The standard InChI is InChI=1S/C74H58BN5O/c1-73(2,3)47-34-38-51(39-35-47)76(52-40-36-48(37-41-52)74(4,5)6)53-42-43-58-64(44-53)78(61-29-19-33-68-69(61)57-25-14-16-32-67(57)81-68)65-45-54(77(49-20-9-7-10-21-49)50-22-11-8-12-23-50)46-66-70(65)75(58)59-27-18-31-63-72(59)80(66)62-30-17-26-56-55-24-13-15-28-60(55)79(63)71(56)62/h7-46H,1-6H3. The molecule has 13 aromatic rings. The molecule has 81 heavy (non-hydrogen) atoms. The van der Waals surface area contributed by atoms with Crippen molar-refractivity contribution in [3.05, 3.63) is 254 Å². The Bertz CT molecular complexity index is 4580. The summed E-state index contributed by atoms with van der Waals surface area (Å²) in [6, 6.07) is 90.2. The molecular weight excluding hydrogens is 986 g/mol. The number of anilines is 12. The van der Waals surface area contributed by atoms with E-state index in [2.05, 4.69) is 308 Å². The van der Waals surface area contributed by atoms with E-state index in [-0.39, 0.29) is 17.5 Å². The molecule has 0 atom stereocenters. The van der Waals surface area contributed by atoms with E-state index in [0.29, 0.717) is 0 Å². The summed E-state index contributed by atoms with van der Waals surface area (Å²) in [6.45, 7) is 13.6. The van der Waals surface area contributed by atoms with Gasteiger partial charge >= 0.3 is 0 Å². The van der Waals surface area contributed by atoms with Crippen molar-refractivity contribution in [2.24, 2.45) is 0 Å². The molecule has 16 rings (SSSR count). The molecule has 0 bridgehead atoms.